The largest absolute Gasteiger partial charge is 0.383 e. The second-order valence-corrected chi connectivity index (χ2v) is 5.05. The molecule has 1 N–H and O–H groups in total. The van der Waals surface area contributed by atoms with E-state index in [1.807, 2.05) is 14.0 Å². The quantitative estimate of drug-likeness (QED) is 0.724. The summed E-state index contributed by atoms with van der Waals surface area (Å²) >= 11 is 0. The number of likely N-dealkylation sites (N-methyl/N-ethyl adjacent to an activating group) is 1. The molecule has 0 bridgehead atoms. The lowest BCUT2D eigenvalue weighted by Crippen LogP contribution is -2.32. The van der Waals surface area contributed by atoms with E-state index < -0.39 is 0 Å². The first kappa shape index (κ1) is 15.9. The van der Waals surface area contributed by atoms with Crippen molar-refractivity contribution in [3.8, 4) is 0 Å². The predicted molar refractivity (Wildman–Crippen MR) is 78.9 cm³/mol. The van der Waals surface area contributed by atoms with Gasteiger partial charge in [-0.05, 0) is 18.9 Å². The highest BCUT2D eigenvalue weighted by Gasteiger charge is 2.09. The van der Waals surface area contributed by atoms with Crippen LogP contribution in [0.2, 0.25) is 0 Å². The average Bonchev–Trinajstić information content (AvgIpc) is 2.37. The van der Waals surface area contributed by atoms with Gasteiger partial charge in [-0.2, -0.15) is 0 Å². The molecule has 0 fully saturated rings. The topological polar surface area (TPSA) is 50.3 Å². The van der Waals surface area contributed by atoms with E-state index >= 15 is 0 Å². The number of aryl methyl sites for hydroxylation is 1. The molecule has 0 atom stereocenters. The molecule has 0 aliphatic heterocycles. The van der Waals surface area contributed by atoms with Gasteiger partial charge in [0, 0.05) is 45.2 Å². The highest BCUT2D eigenvalue weighted by Crippen LogP contribution is 2.15. The standard InChI is InChI=1S/C14H26N4O/c1-11(2)13-10-12(3)16-14(17-13)18(4)8-6-15-7-9-19-5/h10-11,15H,6-9H2,1-5H3. The smallest absolute Gasteiger partial charge is 0.225 e. The summed E-state index contributed by atoms with van der Waals surface area (Å²) < 4.78 is 4.99. The first-order chi connectivity index (χ1) is 9.04. The van der Waals surface area contributed by atoms with Crippen LogP contribution >= 0.6 is 0 Å². The van der Waals surface area contributed by atoms with Crippen molar-refractivity contribution < 1.29 is 4.74 Å². The molecule has 5 heteroatoms. The molecule has 0 aliphatic carbocycles. The van der Waals surface area contributed by atoms with E-state index in [2.05, 4.69) is 40.1 Å². The van der Waals surface area contributed by atoms with Crippen LogP contribution in [0.4, 0.5) is 5.95 Å². The minimum atomic E-state index is 0.425. The van der Waals surface area contributed by atoms with Crippen molar-refractivity contribution in [2.75, 3.05) is 45.3 Å². The molecule has 1 rings (SSSR count). The van der Waals surface area contributed by atoms with Crippen LogP contribution in [0, 0.1) is 6.92 Å². The summed E-state index contributed by atoms with van der Waals surface area (Å²) in [6, 6.07) is 2.05. The highest BCUT2D eigenvalue weighted by molar-refractivity contribution is 5.31. The number of anilines is 1. The van der Waals surface area contributed by atoms with Crippen molar-refractivity contribution >= 4 is 5.95 Å². The van der Waals surface area contributed by atoms with Crippen LogP contribution in [0.15, 0.2) is 6.07 Å². The Labute approximate surface area is 116 Å². The molecular formula is C14H26N4O. The lowest BCUT2D eigenvalue weighted by Gasteiger charge is -2.19. The van der Waals surface area contributed by atoms with Crippen LogP contribution in [0.5, 0.6) is 0 Å². The summed E-state index contributed by atoms with van der Waals surface area (Å²) in [4.78, 5) is 11.2. The molecule has 1 aromatic heterocycles. The summed E-state index contributed by atoms with van der Waals surface area (Å²) in [6.07, 6.45) is 0. The van der Waals surface area contributed by atoms with Gasteiger partial charge in [-0.3, -0.25) is 0 Å². The minimum absolute atomic E-state index is 0.425. The van der Waals surface area contributed by atoms with E-state index in [1.54, 1.807) is 7.11 Å². The van der Waals surface area contributed by atoms with Crippen molar-refractivity contribution in [1.82, 2.24) is 15.3 Å². The Morgan fingerprint density at radius 2 is 2.05 bits per heavy atom. The van der Waals surface area contributed by atoms with E-state index in [9.17, 15) is 0 Å². The summed E-state index contributed by atoms with van der Waals surface area (Å²) in [5.74, 6) is 1.23. The van der Waals surface area contributed by atoms with Gasteiger partial charge in [0.25, 0.3) is 0 Å². The van der Waals surface area contributed by atoms with Gasteiger partial charge in [0.1, 0.15) is 0 Å². The zero-order valence-electron chi connectivity index (χ0n) is 12.7. The zero-order chi connectivity index (χ0) is 14.3. The predicted octanol–water partition coefficient (Wildman–Crippen LogP) is 1.58. The zero-order valence-corrected chi connectivity index (χ0v) is 12.7. The van der Waals surface area contributed by atoms with Gasteiger partial charge in [0.05, 0.1) is 6.61 Å². The molecule has 19 heavy (non-hydrogen) atoms. The van der Waals surface area contributed by atoms with Gasteiger partial charge in [-0.25, -0.2) is 9.97 Å². The SMILES string of the molecule is COCCNCCN(C)c1nc(C)cc(C(C)C)n1. The number of aromatic nitrogens is 2. The number of methoxy groups -OCH3 is 1. The van der Waals surface area contributed by atoms with Gasteiger partial charge >= 0.3 is 0 Å². The maximum Gasteiger partial charge on any atom is 0.225 e. The Kier molecular flexibility index (Phi) is 6.73. The maximum absolute atomic E-state index is 4.99. The molecule has 1 aromatic rings. The van der Waals surface area contributed by atoms with Crippen molar-refractivity contribution in [2.24, 2.45) is 0 Å². The fourth-order valence-electron chi connectivity index (χ4n) is 1.69. The molecule has 5 nitrogen and oxygen atoms in total. The summed E-state index contributed by atoms with van der Waals surface area (Å²) in [5.41, 5.74) is 2.12. The number of hydrogen-bond donors (Lipinski definition) is 1. The van der Waals surface area contributed by atoms with Crippen molar-refractivity contribution in [3.05, 3.63) is 17.5 Å². The number of rotatable bonds is 8. The normalized spacial score (nSPS) is 11.1. The molecule has 0 radical (unpaired) electrons. The second-order valence-electron chi connectivity index (χ2n) is 5.05. The molecule has 0 unspecified atom stereocenters. The monoisotopic (exact) mass is 266 g/mol. The van der Waals surface area contributed by atoms with Crippen LogP contribution in [-0.4, -0.2) is 50.4 Å². The lowest BCUT2D eigenvalue weighted by molar-refractivity contribution is 0.200. The van der Waals surface area contributed by atoms with Crippen LogP contribution in [0.1, 0.15) is 31.2 Å². The fourth-order valence-corrected chi connectivity index (χ4v) is 1.69. The molecular weight excluding hydrogens is 240 g/mol. The van der Waals surface area contributed by atoms with Crippen LogP contribution < -0.4 is 10.2 Å². The van der Waals surface area contributed by atoms with E-state index in [1.165, 1.54) is 0 Å². The Morgan fingerprint density at radius 3 is 2.68 bits per heavy atom. The third-order valence-corrected chi connectivity index (χ3v) is 2.90. The third-order valence-electron chi connectivity index (χ3n) is 2.90. The molecule has 0 spiro atoms. The Hall–Kier alpha value is -1.20. The fraction of sp³-hybridized carbons (Fsp3) is 0.714. The van der Waals surface area contributed by atoms with Gasteiger partial charge in [0.2, 0.25) is 5.95 Å². The van der Waals surface area contributed by atoms with E-state index in [0.717, 1.165) is 43.6 Å². The highest BCUT2D eigenvalue weighted by atomic mass is 16.5. The van der Waals surface area contributed by atoms with Crippen LogP contribution in [-0.2, 0) is 4.74 Å². The first-order valence-corrected chi connectivity index (χ1v) is 6.81. The molecule has 0 aliphatic rings. The Balaban J connectivity index is 2.54. The molecule has 0 saturated heterocycles. The van der Waals surface area contributed by atoms with Crippen molar-refractivity contribution in [1.29, 1.82) is 0 Å². The van der Waals surface area contributed by atoms with E-state index in [4.69, 9.17) is 4.74 Å². The third kappa shape index (κ3) is 5.53. The summed E-state index contributed by atoms with van der Waals surface area (Å²) in [7, 11) is 3.73. The Morgan fingerprint density at radius 1 is 1.32 bits per heavy atom. The Bertz CT molecular complexity index is 382. The van der Waals surface area contributed by atoms with Crippen molar-refractivity contribution in [3.63, 3.8) is 0 Å². The molecule has 0 amide bonds. The van der Waals surface area contributed by atoms with E-state index in [0.29, 0.717) is 5.92 Å². The average molecular weight is 266 g/mol. The second kappa shape index (κ2) is 8.07. The summed E-state index contributed by atoms with van der Waals surface area (Å²) in [5, 5.41) is 3.32. The number of hydrogen-bond acceptors (Lipinski definition) is 5. The molecule has 0 aromatic carbocycles. The van der Waals surface area contributed by atoms with Crippen molar-refractivity contribution in [2.45, 2.75) is 26.7 Å². The van der Waals surface area contributed by atoms with E-state index in [-0.39, 0.29) is 0 Å². The lowest BCUT2D eigenvalue weighted by atomic mass is 10.1. The number of nitrogens with zero attached hydrogens (tertiary/aromatic N) is 3. The molecule has 1 heterocycles. The first-order valence-electron chi connectivity index (χ1n) is 6.81. The summed E-state index contributed by atoms with van der Waals surface area (Å²) in [6.45, 7) is 9.70. The molecule has 108 valence electrons. The van der Waals surface area contributed by atoms with Gasteiger partial charge in [-0.15, -0.1) is 0 Å². The minimum Gasteiger partial charge on any atom is -0.383 e. The molecule has 0 saturated carbocycles. The number of nitrogens with one attached hydrogen (secondary N) is 1. The number of ether oxygens (including phenoxy) is 1. The van der Waals surface area contributed by atoms with Gasteiger partial charge in [0.15, 0.2) is 0 Å². The van der Waals surface area contributed by atoms with Gasteiger partial charge in [-0.1, -0.05) is 13.8 Å². The van der Waals surface area contributed by atoms with Gasteiger partial charge < -0.3 is 15.0 Å². The van der Waals surface area contributed by atoms with Crippen LogP contribution in [0.3, 0.4) is 0 Å². The van der Waals surface area contributed by atoms with Crippen LogP contribution in [0.25, 0.3) is 0 Å². The maximum atomic E-state index is 4.99.